The molecule has 1 N–H and O–H groups in total. The highest BCUT2D eigenvalue weighted by Gasteiger charge is 2.39. The molecule has 1 aromatic rings. The monoisotopic (exact) mass is 224 g/mol. The lowest BCUT2D eigenvalue weighted by Gasteiger charge is -2.13. The Kier molecular flexibility index (Phi) is 3.33. The van der Waals surface area contributed by atoms with Crippen LogP contribution in [0.2, 0.25) is 0 Å². The van der Waals surface area contributed by atoms with Crippen molar-refractivity contribution in [2.75, 3.05) is 6.26 Å². The van der Waals surface area contributed by atoms with Gasteiger partial charge in [-0.1, -0.05) is 11.8 Å². The van der Waals surface area contributed by atoms with E-state index >= 15 is 0 Å². The summed E-state index contributed by atoms with van der Waals surface area (Å²) in [6.07, 6.45) is -3.55. The van der Waals surface area contributed by atoms with Crippen molar-refractivity contribution in [2.24, 2.45) is 0 Å². The molecule has 1 atom stereocenters. The van der Waals surface area contributed by atoms with Gasteiger partial charge < -0.3 is 5.11 Å². The molecule has 0 aliphatic carbocycles. The summed E-state index contributed by atoms with van der Waals surface area (Å²) in [7, 11) is 0. The van der Waals surface area contributed by atoms with Crippen LogP contribution in [0, 0.1) is 0 Å². The van der Waals surface area contributed by atoms with E-state index in [1.807, 2.05) is 0 Å². The van der Waals surface area contributed by atoms with Crippen LogP contribution in [-0.2, 0) is 0 Å². The molecule has 78 valence electrons. The zero-order valence-electron chi connectivity index (χ0n) is 7.12. The van der Waals surface area contributed by atoms with E-state index in [1.165, 1.54) is 11.8 Å². The lowest BCUT2D eigenvalue weighted by molar-refractivity contribution is -0.207. The van der Waals surface area contributed by atoms with Gasteiger partial charge in [0.25, 0.3) is 0 Å². The van der Waals surface area contributed by atoms with E-state index in [9.17, 15) is 13.2 Å². The summed E-state index contributed by atoms with van der Waals surface area (Å²) in [5.74, 6) is 0. The Balaban J connectivity index is 2.87. The van der Waals surface area contributed by atoms with E-state index in [1.54, 1.807) is 6.26 Å². The van der Waals surface area contributed by atoms with Crippen molar-refractivity contribution in [3.05, 3.63) is 18.0 Å². The summed E-state index contributed by atoms with van der Waals surface area (Å²) in [6, 6.07) is 0. The van der Waals surface area contributed by atoms with Crippen LogP contribution in [-0.4, -0.2) is 27.5 Å². The number of alkyl halides is 3. The molecular formula is C7H7F3N2OS. The maximum absolute atomic E-state index is 12.0. The average Bonchev–Trinajstić information content (AvgIpc) is 2.15. The van der Waals surface area contributed by atoms with Gasteiger partial charge in [-0.05, 0) is 6.26 Å². The van der Waals surface area contributed by atoms with Gasteiger partial charge in [-0.3, -0.25) is 0 Å². The molecule has 0 aliphatic heterocycles. The van der Waals surface area contributed by atoms with Gasteiger partial charge in [0.2, 0.25) is 0 Å². The Hall–Kier alpha value is -0.820. The minimum atomic E-state index is -4.68. The maximum Gasteiger partial charge on any atom is 0.418 e. The number of nitrogens with zero attached hydrogens (tertiary/aromatic N) is 2. The summed E-state index contributed by atoms with van der Waals surface area (Å²) >= 11 is 1.21. The largest absolute Gasteiger partial charge is 0.418 e. The molecule has 0 amide bonds. The van der Waals surface area contributed by atoms with Gasteiger partial charge in [-0.2, -0.15) is 13.2 Å². The molecule has 1 heterocycles. The minimum absolute atomic E-state index is 0.352. The van der Waals surface area contributed by atoms with E-state index in [0.717, 1.165) is 12.4 Å². The molecule has 0 aliphatic rings. The number of halogens is 3. The van der Waals surface area contributed by atoms with Crippen LogP contribution >= 0.6 is 11.8 Å². The predicted molar refractivity (Wildman–Crippen MR) is 44.8 cm³/mol. The number of hydrogen-bond acceptors (Lipinski definition) is 4. The fourth-order valence-corrected chi connectivity index (χ4v) is 1.08. The fourth-order valence-electron chi connectivity index (χ4n) is 0.762. The number of aliphatic hydroxyl groups is 1. The molecule has 0 fully saturated rings. The highest BCUT2D eigenvalue weighted by Crippen LogP contribution is 2.31. The zero-order valence-corrected chi connectivity index (χ0v) is 7.93. The molecule has 0 radical (unpaired) electrons. The van der Waals surface area contributed by atoms with E-state index in [2.05, 4.69) is 9.97 Å². The summed E-state index contributed by atoms with van der Waals surface area (Å²) < 4.78 is 36.0. The van der Waals surface area contributed by atoms with Crippen molar-refractivity contribution in [1.29, 1.82) is 0 Å². The average molecular weight is 224 g/mol. The Bertz CT molecular complexity index is 301. The van der Waals surface area contributed by atoms with Gasteiger partial charge in [0.15, 0.2) is 11.3 Å². The predicted octanol–water partition coefficient (Wildman–Crippen LogP) is 1.79. The highest BCUT2D eigenvalue weighted by atomic mass is 32.2. The Morgan fingerprint density at radius 3 is 2.21 bits per heavy atom. The molecule has 0 bridgehead atoms. The Morgan fingerprint density at radius 2 is 1.86 bits per heavy atom. The number of hydrogen-bond donors (Lipinski definition) is 1. The second-order valence-electron chi connectivity index (χ2n) is 2.45. The Morgan fingerprint density at radius 1 is 1.36 bits per heavy atom. The number of aromatic nitrogens is 2. The molecule has 0 saturated heterocycles. The third-order valence-electron chi connectivity index (χ3n) is 1.46. The van der Waals surface area contributed by atoms with Gasteiger partial charge in [-0.15, -0.1) is 0 Å². The van der Waals surface area contributed by atoms with Crippen molar-refractivity contribution in [1.82, 2.24) is 9.97 Å². The smallest absolute Gasteiger partial charge is 0.379 e. The second-order valence-corrected chi connectivity index (χ2v) is 3.22. The van der Waals surface area contributed by atoms with Gasteiger partial charge in [0.05, 0.1) is 0 Å². The van der Waals surface area contributed by atoms with Crippen molar-refractivity contribution in [3.63, 3.8) is 0 Å². The summed E-state index contributed by atoms with van der Waals surface area (Å²) in [5, 5.41) is 9.17. The van der Waals surface area contributed by atoms with E-state index in [-0.39, 0.29) is 5.56 Å². The van der Waals surface area contributed by atoms with Gasteiger partial charge in [0.1, 0.15) is 0 Å². The molecule has 1 aromatic heterocycles. The van der Waals surface area contributed by atoms with Gasteiger partial charge in [-0.25, -0.2) is 9.97 Å². The van der Waals surface area contributed by atoms with E-state index < -0.39 is 12.3 Å². The molecule has 3 nitrogen and oxygen atoms in total. The van der Waals surface area contributed by atoms with Gasteiger partial charge >= 0.3 is 6.18 Å². The molecule has 7 heteroatoms. The topological polar surface area (TPSA) is 46.0 Å². The summed E-state index contributed by atoms with van der Waals surface area (Å²) in [5.41, 5.74) is -0.352. The first kappa shape index (κ1) is 11.3. The van der Waals surface area contributed by atoms with Crippen LogP contribution in [0.25, 0.3) is 0 Å². The number of rotatable bonds is 2. The molecule has 14 heavy (non-hydrogen) atoms. The third-order valence-corrected chi connectivity index (χ3v) is 2.03. The minimum Gasteiger partial charge on any atom is -0.379 e. The van der Waals surface area contributed by atoms with Crippen LogP contribution in [0.3, 0.4) is 0 Å². The van der Waals surface area contributed by atoms with Crippen molar-refractivity contribution < 1.29 is 18.3 Å². The molecular weight excluding hydrogens is 217 g/mol. The lowest BCUT2D eigenvalue weighted by Crippen LogP contribution is -2.20. The SMILES string of the molecule is CSc1ncc(C(O)C(F)(F)F)cn1. The first-order chi connectivity index (χ1) is 6.45. The van der Waals surface area contributed by atoms with Crippen LogP contribution in [0.1, 0.15) is 11.7 Å². The maximum atomic E-state index is 12.0. The summed E-state index contributed by atoms with van der Waals surface area (Å²) in [4.78, 5) is 7.25. The van der Waals surface area contributed by atoms with Crippen molar-refractivity contribution in [2.45, 2.75) is 17.4 Å². The second kappa shape index (κ2) is 4.14. The molecule has 1 unspecified atom stereocenters. The molecule has 1 rings (SSSR count). The van der Waals surface area contributed by atoms with E-state index in [4.69, 9.17) is 5.11 Å². The van der Waals surface area contributed by atoms with Crippen LogP contribution in [0.15, 0.2) is 17.6 Å². The van der Waals surface area contributed by atoms with Gasteiger partial charge in [0, 0.05) is 18.0 Å². The highest BCUT2D eigenvalue weighted by molar-refractivity contribution is 7.98. The fraction of sp³-hybridized carbons (Fsp3) is 0.429. The zero-order chi connectivity index (χ0) is 10.8. The number of aliphatic hydroxyl groups excluding tert-OH is 1. The normalized spacial score (nSPS) is 14.1. The first-order valence-corrected chi connectivity index (χ1v) is 4.78. The van der Waals surface area contributed by atoms with Crippen LogP contribution in [0.5, 0.6) is 0 Å². The first-order valence-electron chi connectivity index (χ1n) is 3.56. The standard InChI is InChI=1S/C7H7F3N2OS/c1-14-6-11-2-4(3-12-6)5(13)7(8,9)10/h2-3,5,13H,1H3. The van der Waals surface area contributed by atoms with Crippen molar-refractivity contribution >= 4 is 11.8 Å². The molecule has 0 spiro atoms. The summed E-state index contributed by atoms with van der Waals surface area (Å²) in [6.45, 7) is 0. The molecule has 0 aromatic carbocycles. The van der Waals surface area contributed by atoms with E-state index in [0.29, 0.717) is 5.16 Å². The molecule has 0 saturated carbocycles. The van der Waals surface area contributed by atoms with Crippen molar-refractivity contribution in [3.8, 4) is 0 Å². The Labute approximate surface area is 82.4 Å². The number of thioether (sulfide) groups is 1. The van der Waals surface area contributed by atoms with Crippen LogP contribution in [0.4, 0.5) is 13.2 Å². The van der Waals surface area contributed by atoms with Crippen LogP contribution < -0.4 is 0 Å². The quantitative estimate of drug-likeness (QED) is 0.614. The third kappa shape index (κ3) is 2.58. The lowest BCUT2D eigenvalue weighted by atomic mass is 10.2.